The van der Waals surface area contributed by atoms with Crippen molar-refractivity contribution in [2.45, 2.75) is 4.90 Å². The van der Waals surface area contributed by atoms with Gasteiger partial charge in [-0.05, 0) is 12.1 Å². The second-order valence-electron chi connectivity index (χ2n) is 6.10. The number of aromatic nitrogens is 2. The van der Waals surface area contributed by atoms with E-state index in [1.165, 1.54) is 25.5 Å². The van der Waals surface area contributed by atoms with Crippen molar-refractivity contribution in [1.29, 1.82) is 0 Å². The van der Waals surface area contributed by atoms with E-state index in [-0.39, 0.29) is 33.0 Å². The molecule has 0 unspecified atom stereocenters. The average molecular weight is 420 g/mol. The quantitative estimate of drug-likeness (QED) is 0.673. The molecule has 0 saturated carbocycles. The highest BCUT2D eigenvalue weighted by Crippen LogP contribution is 2.42. The van der Waals surface area contributed by atoms with Crippen LogP contribution in [0.1, 0.15) is 16.1 Å². The van der Waals surface area contributed by atoms with Gasteiger partial charge in [-0.15, -0.1) is 11.3 Å². The summed E-state index contributed by atoms with van der Waals surface area (Å²) in [5.41, 5.74) is 0.636. The van der Waals surface area contributed by atoms with E-state index in [0.717, 1.165) is 10.5 Å². The summed E-state index contributed by atoms with van der Waals surface area (Å²) in [6.45, 7) is 0. The summed E-state index contributed by atoms with van der Waals surface area (Å²) in [6.07, 6.45) is 2.67. The van der Waals surface area contributed by atoms with Gasteiger partial charge in [0.2, 0.25) is 0 Å². The SMILES string of the molecule is COc1ccc2c(c1C(=O)Nc1nccs1)c1c(n2C)C(O)=CN(C)S1(=O)=O. The number of carbonyl (C=O) groups is 1. The largest absolute Gasteiger partial charge is 0.504 e. The van der Waals surface area contributed by atoms with Gasteiger partial charge in [-0.1, -0.05) is 0 Å². The van der Waals surface area contributed by atoms with Gasteiger partial charge in [-0.3, -0.25) is 14.4 Å². The fourth-order valence-electron chi connectivity index (χ4n) is 3.30. The molecule has 146 valence electrons. The first kappa shape index (κ1) is 18.3. The van der Waals surface area contributed by atoms with Crippen LogP contribution in [0.3, 0.4) is 0 Å². The number of methoxy groups -OCH3 is 1. The van der Waals surface area contributed by atoms with Gasteiger partial charge in [0.1, 0.15) is 16.3 Å². The predicted molar refractivity (Wildman–Crippen MR) is 105 cm³/mol. The summed E-state index contributed by atoms with van der Waals surface area (Å²) in [4.78, 5) is 16.9. The number of rotatable bonds is 3. The monoisotopic (exact) mass is 420 g/mol. The molecule has 0 atom stereocenters. The average Bonchev–Trinajstić information content (AvgIpc) is 3.26. The third-order valence-corrected chi connectivity index (χ3v) is 7.03. The number of sulfonamides is 1. The third-order valence-electron chi connectivity index (χ3n) is 4.57. The third kappa shape index (κ3) is 2.47. The minimum atomic E-state index is -3.97. The predicted octanol–water partition coefficient (Wildman–Crippen LogP) is 2.39. The lowest BCUT2D eigenvalue weighted by Crippen LogP contribution is -2.27. The number of nitrogens with one attached hydrogen (secondary N) is 1. The molecule has 2 N–H and O–H groups in total. The molecule has 3 heterocycles. The Bertz CT molecular complexity index is 1240. The minimum Gasteiger partial charge on any atom is -0.504 e. The molecule has 0 bridgehead atoms. The summed E-state index contributed by atoms with van der Waals surface area (Å²) in [5.74, 6) is -0.559. The van der Waals surface area contributed by atoms with E-state index >= 15 is 0 Å². The summed E-state index contributed by atoms with van der Waals surface area (Å²) >= 11 is 1.23. The van der Waals surface area contributed by atoms with Gasteiger partial charge < -0.3 is 14.4 Å². The topological polar surface area (TPSA) is 114 Å². The number of carbonyl (C=O) groups excluding carboxylic acids is 1. The molecule has 3 aromatic rings. The Labute approximate surface area is 164 Å². The van der Waals surface area contributed by atoms with Crippen molar-refractivity contribution >= 4 is 49.1 Å². The number of nitrogens with zero attached hydrogens (tertiary/aromatic N) is 3. The van der Waals surface area contributed by atoms with Crippen LogP contribution in [0.5, 0.6) is 5.75 Å². The summed E-state index contributed by atoms with van der Waals surface area (Å²) in [6, 6.07) is 3.23. The number of benzene rings is 1. The number of aliphatic hydroxyl groups excluding tert-OH is 1. The standard InChI is InChI=1S/C17H16N4O5S2/c1-20-8-10(22)14-15(28(20,24)25)12-9(21(14)2)4-5-11(26-3)13(12)16(23)19-17-18-6-7-27-17/h4-8,22H,1-3H3,(H,18,19,23). The molecule has 4 rings (SSSR count). The number of aliphatic hydroxyl groups is 1. The van der Waals surface area contributed by atoms with Crippen molar-refractivity contribution in [3.05, 3.63) is 41.2 Å². The second kappa shape index (κ2) is 6.24. The fourth-order valence-corrected chi connectivity index (χ4v) is 5.30. The Morgan fingerprint density at radius 3 is 2.71 bits per heavy atom. The van der Waals surface area contributed by atoms with Crippen LogP contribution in [0.25, 0.3) is 16.7 Å². The first-order valence-electron chi connectivity index (χ1n) is 8.06. The van der Waals surface area contributed by atoms with Gasteiger partial charge in [-0.25, -0.2) is 13.4 Å². The lowest BCUT2D eigenvalue weighted by atomic mass is 10.1. The van der Waals surface area contributed by atoms with E-state index in [4.69, 9.17) is 4.74 Å². The summed E-state index contributed by atoms with van der Waals surface area (Å²) in [7, 11) is 0.371. The van der Waals surface area contributed by atoms with E-state index in [2.05, 4.69) is 10.3 Å². The molecule has 9 nitrogen and oxygen atoms in total. The molecule has 0 saturated heterocycles. The van der Waals surface area contributed by atoms with Gasteiger partial charge >= 0.3 is 0 Å². The molecular weight excluding hydrogens is 404 g/mol. The smallest absolute Gasteiger partial charge is 0.266 e. The zero-order chi connectivity index (χ0) is 20.2. The van der Waals surface area contributed by atoms with Crippen molar-refractivity contribution in [3.63, 3.8) is 0 Å². The van der Waals surface area contributed by atoms with Crippen LogP contribution in [0, 0.1) is 0 Å². The number of thiazole rings is 1. The minimum absolute atomic E-state index is 0.0544. The lowest BCUT2D eigenvalue weighted by molar-refractivity contribution is 0.102. The first-order chi connectivity index (χ1) is 13.3. The summed E-state index contributed by atoms with van der Waals surface area (Å²) < 4.78 is 33.9. The normalized spacial score (nSPS) is 15.2. The fraction of sp³-hybridized carbons (Fsp3) is 0.176. The second-order valence-corrected chi connectivity index (χ2v) is 8.93. The molecule has 0 radical (unpaired) electrons. The maximum Gasteiger partial charge on any atom is 0.266 e. The molecule has 0 aliphatic carbocycles. The number of anilines is 1. The highest BCUT2D eigenvalue weighted by atomic mass is 32.2. The Kier molecular flexibility index (Phi) is 4.08. The van der Waals surface area contributed by atoms with E-state index in [9.17, 15) is 18.3 Å². The zero-order valence-corrected chi connectivity index (χ0v) is 16.8. The molecule has 11 heteroatoms. The Morgan fingerprint density at radius 1 is 1.32 bits per heavy atom. The van der Waals surface area contributed by atoms with Gasteiger partial charge in [0.15, 0.2) is 10.9 Å². The van der Waals surface area contributed by atoms with E-state index < -0.39 is 15.9 Å². The molecule has 28 heavy (non-hydrogen) atoms. The summed E-state index contributed by atoms with van der Waals surface area (Å²) in [5, 5.41) is 15.3. The maximum absolute atomic E-state index is 13.1. The van der Waals surface area contributed by atoms with Crippen LogP contribution in [-0.4, -0.2) is 47.4 Å². The number of ether oxygens (including phenoxy) is 1. The van der Waals surface area contributed by atoms with Crippen LogP contribution in [0.15, 0.2) is 34.8 Å². The molecule has 1 amide bonds. The number of hydrogen-bond acceptors (Lipinski definition) is 7. The molecule has 0 fully saturated rings. The van der Waals surface area contributed by atoms with Gasteiger partial charge in [0.05, 0.1) is 24.4 Å². The van der Waals surface area contributed by atoms with Gasteiger partial charge in [0, 0.05) is 31.1 Å². The van der Waals surface area contributed by atoms with Crippen LogP contribution >= 0.6 is 11.3 Å². The van der Waals surface area contributed by atoms with Crippen LogP contribution in [0.2, 0.25) is 0 Å². The lowest BCUT2D eigenvalue weighted by Gasteiger charge is -2.21. The Morgan fingerprint density at radius 2 is 2.07 bits per heavy atom. The molecule has 1 aliphatic heterocycles. The van der Waals surface area contributed by atoms with Crippen LogP contribution < -0.4 is 10.1 Å². The van der Waals surface area contributed by atoms with Gasteiger partial charge in [-0.2, -0.15) is 0 Å². The first-order valence-corrected chi connectivity index (χ1v) is 10.4. The highest BCUT2D eigenvalue weighted by Gasteiger charge is 2.37. The molecular formula is C17H16N4O5S2. The van der Waals surface area contributed by atoms with Crippen LogP contribution in [-0.2, 0) is 17.1 Å². The molecule has 1 aliphatic rings. The molecule has 1 aromatic carbocycles. The number of fused-ring (bicyclic) bond motifs is 3. The highest BCUT2D eigenvalue weighted by molar-refractivity contribution is 7.89. The van der Waals surface area contributed by atoms with Crippen molar-refractivity contribution in [3.8, 4) is 5.75 Å². The maximum atomic E-state index is 13.1. The molecule has 2 aromatic heterocycles. The number of amides is 1. The zero-order valence-electron chi connectivity index (χ0n) is 15.1. The van der Waals surface area contributed by atoms with Gasteiger partial charge in [0.25, 0.3) is 15.9 Å². The van der Waals surface area contributed by atoms with Crippen molar-refractivity contribution in [2.75, 3.05) is 19.5 Å². The number of hydrogen-bond donors (Lipinski definition) is 2. The van der Waals surface area contributed by atoms with Crippen molar-refractivity contribution in [2.24, 2.45) is 7.05 Å². The molecule has 0 spiro atoms. The Balaban J connectivity index is 2.09. The van der Waals surface area contributed by atoms with Crippen molar-refractivity contribution < 1.29 is 23.1 Å². The van der Waals surface area contributed by atoms with E-state index in [0.29, 0.717) is 10.6 Å². The van der Waals surface area contributed by atoms with Crippen molar-refractivity contribution in [1.82, 2.24) is 13.9 Å². The van der Waals surface area contributed by atoms with E-state index in [1.54, 1.807) is 35.3 Å². The van der Waals surface area contributed by atoms with Crippen LogP contribution in [0.4, 0.5) is 5.13 Å². The number of aryl methyl sites for hydroxylation is 1. The Hall–Kier alpha value is -3.05. The van der Waals surface area contributed by atoms with E-state index in [1.807, 2.05) is 0 Å².